The molecule has 1 saturated heterocycles. The second-order valence-electron chi connectivity index (χ2n) is 5.71. The summed E-state index contributed by atoms with van der Waals surface area (Å²) in [6.07, 6.45) is 3.89. The summed E-state index contributed by atoms with van der Waals surface area (Å²) in [6.45, 7) is 5.54. The van der Waals surface area contributed by atoms with Gasteiger partial charge in [-0.3, -0.25) is 4.79 Å². The first kappa shape index (κ1) is 21.4. The highest BCUT2D eigenvalue weighted by Gasteiger charge is 2.48. The molecule has 0 aromatic heterocycles. The molecule has 1 heterocycles. The molecule has 0 amide bonds. The molecule has 25 heavy (non-hydrogen) atoms. The number of hydrogen-bond donors (Lipinski definition) is 0. The Hall–Kier alpha value is -1.61. The smallest absolute Gasteiger partial charge is 0.381 e. The van der Waals surface area contributed by atoms with Crippen LogP contribution >= 0.6 is 0 Å². The van der Waals surface area contributed by atoms with Gasteiger partial charge in [0.2, 0.25) is 0 Å². The molecule has 5 nitrogen and oxygen atoms in total. The van der Waals surface area contributed by atoms with Crippen molar-refractivity contribution in [2.24, 2.45) is 5.92 Å². The zero-order valence-corrected chi connectivity index (χ0v) is 14.8. The molecule has 1 atom stereocenters. The van der Waals surface area contributed by atoms with Crippen molar-refractivity contribution in [2.45, 2.75) is 38.6 Å². The fourth-order valence-corrected chi connectivity index (χ4v) is 2.44. The lowest BCUT2D eigenvalue weighted by atomic mass is 10.0. The van der Waals surface area contributed by atoms with Crippen molar-refractivity contribution in [1.29, 1.82) is 0 Å². The third kappa shape index (κ3) is 7.43. The van der Waals surface area contributed by atoms with Gasteiger partial charge >= 0.3 is 15.6 Å². The predicted octanol–water partition coefficient (Wildman–Crippen LogP) is 3.94. The average molecular weight is 382 g/mol. The van der Waals surface area contributed by atoms with Gasteiger partial charge in [0, 0.05) is 18.8 Å². The van der Waals surface area contributed by atoms with Crippen LogP contribution in [-0.4, -0.2) is 32.9 Å². The van der Waals surface area contributed by atoms with Crippen LogP contribution in [-0.2, 0) is 14.9 Å². The molecule has 142 valence electrons. The van der Waals surface area contributed by atoms with Gasteiger partial charge in [-0.1, -0.05) is 6.92 Å². The Labute approximate surface area is 145 Å². The Kier molecular flexibility index (Phi) is 7.88. The molecule has 1 aromatic carbocycles. The Balaban J connectivity index is 0.000000324. The molecule has 1 unspecified atom stereocenters. The van der Waals surface area contributed by atoms with Gasteiger partial charge in [-0.15, -0.1) is 0 Å². The highest BCUT2D eigenvalue weighted by molar-refractivity contribution is 7.88. The Morgan fingerprint density at radius 2 is 1.76 bits per heavy atom. The maximum Gasteiger partial charge on any atom is 0.534 e. The van der Waals surface area contributed by atoms with E-state index in [4.69, 9.17) is 4.74 Å². The molecular weight excluding hydrogens is 361 g/mol. The largest absolute Gasteiger partial charge is 0.534 e. The van der Waals surface area contributed by atoms with E-state index in [1.165, 1.54) is 38.3 Å². The van der Waals surface area contributed by atoms with E-state index in [0.717, 1.165) is 31.3 Å². The molecule has 0 radical (unpaired) electrons. The summed E-state index contributed by atoms with van der Waals surface area (Å²) >= 11 is 0. The maximum atomic E-state index is 12.0. The van der Waals surface area contributed by atoms with Gasteiger partial charge in [0.15, 0.2) is 5.78 Å². The minimum Gasteiger partial charge on any atom is -0.381 e. The summed E-state index contributed by atoms with van der Waals surface area (Å²) in [7, 11) is -5.67. The third-order valence-corrected chi connectivity index (χ3v) is 4.47. The van der Waals surface area contributed by atoms with Gasteiger partial charge in [0.25, 0.3) is 0 Å². The highest BCUT2D eigenvalue weighted by atomic mass is 32.2. The summed E-state index contributed by atoms with van der Waals surface area (Å²) in [5.74, 6) is 0.0973. The zero-order chi connectivity index (χ0) is 19.1. The minimum absolute atomic E-state index is 0.238. The summed E-state index contributed by atoms with van der Waals surface area (Å²) in [5.41, 5.74) is -5.24. The van der Waals surface area contributed by atoms with E-state index < -0.39 is 21.4 Å². The van der Waals surface area contributed by atoms with Crippen molar-refractivity contribution < 1.29 is 35.3 Å². The molecular formula is C16H21F3O5S. The molecule has 2 rings (SSSR count). The zero-order valence-electron chi connectivity index (χ0n) is 14.0. The second-order valence-corrected chi connectivity index (χ2v) is 7.25. The first-order valence-electron chi connectivity index (χ1n) is 7.72. The minimum atomic E-state index is -5.67. The molecule has 9 heteroatoms. The van der Waals surface area contributed by atoms with E-state index in [1.54, 1.807) is 0 Å². The maximum absolute atomic E-state index is 12.0. The van der Waals surface area contributed by atoms with Crippen LogP contribution in [0.1, 0.15) is 43.5 Å². The van der Waals surface area contributed by atoms with Crippen LogP contribution in [0.15, 0.2) is 24.3 Å². The molecule has 1 aromatic rings. The number of rotatable bonds is 3. The number of carbonyl (C=O) groups is 1. The highest BCUT2D eigenvalue weighted by Crippen LogP contribution is 2.26. The van der Waals surface area contributed by atoms with Gasteiger partial charge < -0.3 is 8.92 Å². The van der Waals surface area contributed by atoms with Crippen LogP contribution in [0.25, 0.3) is 0 Å². The lowest BCUT2D eigenvalue weighted by molar-refractivity contribution is -0.0500. The van der Waals surface area contributed by atoms with Crippen LogP contribution in [0, 0.1) is 5.92 Å². The fraction of sp³-hybridized carbons (Fsp3) is 0.562. The number of ether oxygens (including phenoxy) is 1. The molecule has 1 aliphatic rings. The molecule has 0 spiro atoms. The van der Waals surface area contributed by atoms with E-state index in [1.807, 2.05) is 0 Å². The molecule has 0 bridgehead atoms. The monoisotopic (exact) mass is 382 g/mol. The number of benzene rings is 1. The molecule has 0 saturated carbocycles. The van der Waals surface area contributed by atoms with Crippen molar-refractivity contribution in [3.8, 4) is 5.75 Å². The van der Waals surface area contributed by atoms with Crippen molar-refractivity contribution >= 4 is 15.9 Å². The Morgan fingerprint density at radius 3 is 2.28 bits per heavy atom. The number of carbonyl (C=O) groups excluding carboxylic acids is 1. The number of ketones is 1. The summed E-state index contributed by atoms with van der Waals surface area (Å²) in [6, 6.07) is 4.28. The van der Waals surface area contributed by atoms with E-state index in [9.17, 15) is 26.4 Å². The topological polar surface area (TPSA) is 69.7 Å². The summed E-state index contributed by atoms with van der Waals surface area (Å²) < 4.78 is 66.2. The quantitative estimate of drug-likeness (QED) is 0.450. The molecule has 0 aliphatic carbocycles. The molecule has 1 aliphatic heterocycles. The van der Waals surface area contributed by atoms with E-state index >= 15 is 0 Å². The van der Waals surface area contributed by atoms with Crippen LogP contribution < -0.4 is 4.18 Å². The Bertz CT molecular complexity index is 645. The standard InChI is InChI=1S/C9H7F3O4S.C7H14O/c1-6(13)7-2-4-8(5-3-7)16-17(14,15)9(10,11)12;1-7-3-2-5-8-6-4-7/h2-5H,1H3;7H,2-6H2,1H3. The van der Waals surface area contributed by atoms with Gasteiger partial charge in [0.1, 0.15) is 5.75 Å². The van der Waals surface area contributed by atoms with Crippen LogP contribution in [0.3, 0.4) is 0 Å². The van der Waals surface area contributed by atoms with E-state index in [0.29, 0.717) is 0 Å². The van der Waals surface area contributed by atoms with Gasteiger partial charge in [-0.05, 0) is 56.4 Å². The lowest BCUT2D eigenvalue weighted by Gasteiger charge is -2.09. The van der Waals surface area contributed by atoms with E-state index in [-0.39, 0.29) is 11.3 Å². The third-order valence-electron chi connectivity index (χ3n) is 3.49. The second kappa shape index (κ2) is 9.19. The molecule has 1 fully saturated rings. The van der Waals surface area contributed by atoms with Crippen LogP contribution in [0.2, 0.25) is 0 Å². The number of Topliss-reactive ketones (excluding diaryl/α,β-unsaturated/α-hetero) is 1. The van der Waals surface area contributed by atoms with Crippen molar-refractivity contribution in [1.82, 2.24) is 0 Å². The molecule has 0 N–H and O–H groups in total. The first-order chi connectivity index (χ1) is 11.5. The van der Waals surface area contributed by atoms with Gasteiger partial charge in [0.05, 0.1) is 0 Å². The fourth-order valence-electron chi connectivity index (χ4n) is 1.98. The summed E-state index contributed by atoms with van der Waals surface area (Å²) in [4.78, 5) is 10.9. The van der Waals surface area contributed by atoms with Crippen LogP contribution in [0.5, 0.6) is 5.75 Å². The summed E-state index contributed by atoms with van der Waals surface area (Å²) in [5, 5.41) is 0. The van der Waals surface area contributed by atoms with Gasteiger partial charge in [-0.25, -0.2) is 0 Å². The normalized spacial score (nSPS) is 18.5. The van der Waals surface area contributed by atoms with Crippen molar-refractivity contribution in [2.75, 3.05) is 13.2 Å². The van der Waals surface area contributed by atoms with Crippen LogP contribution in [0.4, 0.5) is 13.2 Å². The predicted molar refractivity (Wildman–Crippen MR) is 85.9 cm³/mol. The SMILES string of the molecule is CC(=O)c1ccc(OS(=O)(=O)C(F)(F)F)cc1.CC1CCCOCC1. The Morgan fingerprint density at radius 1 is 1.16 bits per heavy atom. The number of hydrogen-bond acceptors (Lipinski definition) is 5. The van der Waals surface area contributed by atoms with Crippen molar-refractivity contribution in [3.05, 3.63) is 29.8 Å². The number of halogens is 3. The van der Waals surface area contributed by atoms with Gasteiger partial charge in [-0.2, -0.15) is 21.6 Å². The first-order valence-corrected chi connectivity index (χ1v) is 9.13. The lowest BCUT2D eigenvalue weighted by Crippen LogP contribution is -2.28. The average Bonchev–Trinajstić information content (AvgIpc) is 2.74. The van der Waals surface area contributed by atoms with E-state index in [2.05, 4.69) is 11.1 Å². The number of alkyl halides is 3. The van der Waals surface area contributed by atoms with Crippen molar-refractivity contribution in [3.63, 3.8) is 0 Å².